The lowest BCUT2D eigenvalue weighted by molar-refractivity contribution is 0.415. The zero-order chi connectivity index (χ0) is 17.6. The van der Waals surface area contributed by atoms with E-state index in [1.54, 1.807) is 7.11 Å². The minimum absolute atomic E-state index is 0.0877. The fraction of sp³-hybridized carbons (Fsp3) is 0.250. The van der Waals surface area contributed by atoms with Gasteiger partial charge in [-0.2, -0.15) is 0 Å². The summed E-state index contributed by atoms with van der Waals surface area (Å²) >= 11 is 0. The summed E-state index contributed by atoms with van der Waals surface area (Å²) in [6.45, 7) is 6.46. The van der Waals surface area contributed by atoms with Crippen molar-refractivity contribution in [1.82, 2.24) is 14.4 Å². The van der Waals surface area contributed by atoms with Crippen LogP contribution >= 0.6 is 0 Å². The smallest absolute Gasteiger partial charge is 0.214 e. The molecule has 5 nitrogen and oxygen atoms in total. The molecule has 0 fully saturated rings. The van der Waals surface area contributed by atoms with Crippen LogP contribution in [0.5, 0.6) is 5.75 Å². The average Bonchev–Trinajstić information content (AvgIpc) is 3.10. The van der Waals surface area contributed by atoms with Crippen molar-refractivity contribution in [2.24, 2.45) is 0 Å². The largest absolute Gasteiger partial charge is 0.497 e. The average molecular weight is 334 g/mol. The number of nitrogens with zero attached hydrogens (tertiary/aromatic N) is 2. The van der Waals surface area contributed by atoms with Gasteiger partial charge in [0.25, 0.3) is 0 Å². The fourth-order valence-corrected chi connectivity index (χ4v) is 3.05. The molecular weight excluding hydrogens is 312 g/mol. The summed E-state index contributed by atoms with van der Waals surface area (Å²) in [5.74, 6) is 2.66. The summed E-state index contributed by atoms with van der Waals surface area (Å²) in [7, 11) is 1.67. The van der Waals surface area contributed by atoms with E-state index < -0.39 is 0 Å². The van der Waals surface area contributed by atoms with Gasteiger partial charge in [-0.25, -0.2) is 4.98 Å². The first-order valence-electron chi connectivity index (χ1n) is 8.38. The Kier molecular flexibility index (Phi) is 3.46. The summed E-state index contributed by atoms with van der Waals surface area (Å²) in [5.41, 5.74) is 4.07. The molecule has 5 heteroatoms. The molecule has 0 aliphatic rings. The Bertz CT molecular complexity index is 1040. The number of hydrogen-bond acceptors (Lipinski definition) is 3. The number of nitrogens with one attached hydrogen (secondary N) is 2. The Labute approximate surface area is 146 Å². The van der Waals surface area contributed by atoms with Gasteiger partial charge >= 0.3 is 0 Å². The number of H-pyrrole nitrogens is 1. The highest BCUT2D eigenvalue weighted by Crippen LogP contribution is 2.34. The van der Waals surface area contributed by atoms with E-state index in [2.05, 4.69) is 47.6 Å². The number of aromatic amines is 1. The molecule has 0 radical (unpaired) electrons. The van der Waals surface area contributed by atoms with Gasteiger partial charge in [0.15, 0.2) is 0 Å². The van der Waals surface area contributed by atoms with Gasteiger partial charge in [-0.15, -0.1) is 0 Å². The number of benzene rings is 2. The third kappa shape index (κ3) is 2.71. The molecule has 2 aromatic carbocycles. The zero-order valence-electron chi connectivity index (χ0n) is 14.9. The van der Waals surface area contributed by atoms with E-state index in [1.165, 1.54) is 0 Å². The van der Waals surface area contributed by atoms with Crippen molar-refractivity contribution < 1.29 is 4.74 Å². The minimum atomic E-state index is -0.0877. The van der Waals surface area contributed by atoms with Crippen molar-refractivity contribution >= 4 is 22.6 Å². The summed E-state index contributed by atoms with van der Waals surface area (Å²) in [6, 6.07) is 16.2. The number of rotatable bonds is 3. The number of aromatic nitrogens is 3. The zero-order valence-corrected chi connectivity index (χ0v) is 14.9. The molecule has 0 saturated heterocycles. The quantitative estimate of drug-likeness (QED) is 0.571. The molecule has 0 bridgehead atoms. The lowest BCUT2D eigenvalue weighted by Crippen LogP contribution is -2.27. The van der Waals surface area contributed by atoms with Crippen LogP contribution < -0.4 is 10.1 Å². The van der Waals surface area contributed by atoms with Gasteiger partial charge in [-0.3, -0.25) is 4.40 Å². The number of methoxy groups -OCH3 is 1. The first kappa shape index (κ1) is 15.6. The van der Waals surface area contributed by atoms with Crippen molar-refractivity contribution in [2.75, 3.05) is 12.4 Å². The van der Waals surface area contributed by atoms with Crippen molar-refractivity contribution in [1.29, 1.82) is 0 Å². The van der Waals surface area contributed by atoms with Crippen molar-refractivity contribution in [3.63, 3.8) is 0 Å². The van der Waals surface area contributed by atoms with Gasteiger partial charge in [0.2, 0.25) is 5.78 Å². The molecule has 0 atom stereocenters. The number of fused-ring (bicyclic) bond motifs is 3. The third-order valence-electron chi connectivity index (χ3n) is 4.13. The van der Waals surface area contributed by atoms with Crippen LogP contribution in [0, 0.1) is 0 Å². The highest BCUT2D eigenvalue weighted by atomic mass is 16.5. The summed E-state index contributed by atoms with van der Waals surface area (Å²) in [6.07, 6.45) is 0. The molecule has 0 aliphatic heterocycles. The molecule has 2 heterocycles. The number of anilines is 1. The Morgan fingerprint density at radius 2 is 1.76 bits per heavy atom. The van der Waals surface area contributed by atoms with Crippen LogP contribution in [0.3, 0.4) is 0 Å². The fourth-order valence-electron chi connectivity index (χ4n) is 3.05. The molecule has 0 unspecified atom stereocenters. The van der Waals surface area contributed by atoms with E-state index in [9.17, 15) is 0 Å². The lowest BCUT2D eigenvalue weighted by Gasteiger charge is -2.22. The summed E-state index contributed by atoms with van der Waals surface area (Å²) in [5, 5.41) is 3.63. The van der Waals surface area contributed by atoms with Gasteiger partial charge in [0, 0.05) is 11.1 Å². The highest BCUT2D eigenvalue weighted by molar-refractivity contribution is 5.87. The second kappa shape index (κ2) is 5.55. The summed E-state index contributed by atoms with van der Waals surface area (Å²) < 4.78 is 7.42. The van der Waals surface area contributed by atoms with Crippen LogP contribution in [0.25, 0.3) is 28.1 Å². The first-order chi connectivity index (χ1) is 12.0. The number of para-hydroxylation sites is 2. The molecule has 2 N–H and O–H groups in total. The maximum Gasteiger partial charge on any atom is 0.214 e. The van der Waals surface area contributed by atoms with E-state index in [4.69, 9.17) is 9.72 Å². The Balaban J connectivity index is 1.97. The maximum atomic E-state index is 5.27. The highest BCUT2D eigenvalue weighted by Gasteiger charge is 2.21. The molecule has 4 rings (SSSR count). The Morgan fingerprint density at radius 3 is 2.44 bits per heavy atom. The van der Waals surface area contributed by atoms with Crippen LogP contribution in [0.1, 0.15) is 20.8 Å². The van der Waals surface area contributed by atoms with Gasteiger partial charge < -0.3 is 15.0 Å². The number of ether oxygens (including phenoxy) is 1. The van der Waals surface area contributed by atoms with Crippen LogP contribution in [0.4, 0.5) is 5.82 Å². The second-order valence-electron chi connectivity index (χ2n) is 7.21. The Morgan fingerprint density at radius 1 is 1.04 bits per heavy atom. The van der Waals surface area contributed by atoms with Crippen LogP contribution in [0.2, 0.25) is 0 Å². The normalized spacial score (nSPS) is 12.0. The second-order valence-corrected chi connectivity index (χ2v) is 7.21. The van der Waals surface area contributed by atoms with Crippen molar-refractivity contribution in [3.05, 3.63) is 48.5 Å². The number of imidazole rings is 2. The standard InChI is InChI=1S/C20H22N4O/c1-20(2,3)23-18-17(13-9-11-14(25-4)12-10-13)22-19-21-15-7-5-6-8-16(15)24(18)19/h5-12,23H,1-4H3,(H,21,22). The molecular formula is C20H22N4O. The SMILES string of the molecule is COc1ccc(-c2nc3[nH]c4ccccc4n3c2NC(C)(C)C)cc1. The number of hydrogen-bond donors (Lipinski definition) is 2. The monoisotopic (exact) mass is 334 g/mol. The van der Waals surface area contributed by atoms with E-state index in [1.807, 2.05) is 36.4 Å². The summed E-state index contributed by atoms with van der Waals surface area (Å²) in [4.78, 5) is 8.27. The molecule has 2 aromatic heterocycles. The van der Waals surface area contributed by atoms with E-state index >= 15 is 0 Å². The van der Waals surface area contributed by atoms with E-state index in [0.29, 0.717) is 0 Å². The van der Waals surface area contributed by atoms with Crippen LogP contribution in [0.15, 0.2) is 48.5 Å². The minimum Gasteiger partial charge on any atom is -0.497 e. The topological polar surface area (TPSA) is 54.3 Å². The molecule has 128 valence electrons. The third-order valence-corrected chi connectivity index (χ3v) is 4.13. The van der Waals surface area contributed by atoms with Gasteiger partial charge in [0.1, 0.15) is 17.3 Å². The molecule has 0 amide bonds. The molecule has 0 saturated carbocycles. The van der Waals surface area contributed by atoms with Gasteiger partial charge in [-0.1, -0.05) is 12.1 Å². The Hall–Kier alpha value is -2.95. The van der Waals surface area contributed by atoms with Crippen molar-refractivity contribution in [2.45, 2.75) is 26.3 Å². The predicted octanol–water partition coefficient (Wildman–Crippen LogP) is 4.70. The van der Waals surface area contributed by atoms with Crippen LogP contribution in [-0.2, 0) is 0 Å². The molecule has 0 spiro atoms. The van der Waals surface area contributed by atoms with Crippen molar-refractivity contribution in [3.8, 4) is 17.0 Å². The lowest BCUT2D eigenvalue weighted by atomic mass is 10.1. The maximum absolute atomic E-state index is 5.27. The first-order valence-corrected chi connectivity index (χ1v) is 8.38. The molecule has 4 aromatic rings. The van der Waals surface area contributed by atoms with E-state index in [-0.39, 0.29) is 5.54 Å². The van der Waals surface area contributed by atoms with E-state index in [0.717, 1.165) is 39.6 Å². The van der Waals surface area contributed by atoms with Crippen LogP contribution in [-0.4, -0.2) is 27.0 Å². The van der Waals surface area contributed by atoms with Gasteiger partial charge in [-0.05, 0) is 57.2 Å². The molecule has 0 aliphatic carbocycles. The predicted molar refractivity (Wildman–Crippen MR) is 102 cm³/mol. The van der Waals surface area contributed by atoms with Gasteiger partial charge in [0.05, 0.1) is 18.1 Å². The molecule has 25 heavy (non-hydrogen) atoms.